The molecule has 1 heterocycles. The van der Waals surface area contributed by atoms with E-state index >= 15 is 0 Å². The van der Waals surface area contributed by atoms with Crippen LogP contribution in [0.15, 0.2) is 4.42 Å². The number of hydrogen-bond acceptors (Lipinski definition) is 5. The van der Waals surface area contributed by atoms with Gasteiger partial charge in [-0.2, -0.15) is 0 Å². The normalized spacial score (nSPS) is 11.0. The molecule has 15 heavy (non-hydrogen) atoms. The van der Waals surface area contributed by atoms with Gasteiger partial charge < -0.3 is 14.6 Å². The van der Waals surface area contributed by atoms with Gasteiger partial charge >= 0.3 is 6.01 Å². The molecule has 1 rings (SSSR count). The van der Waals surface area contributed by atoms with Crippen LogP contribution in [0.2, 0.25) is 0 Å². The first-order chi connectivity index (χ1) is 7.17. The van der Waals surface area contributed by atoms with Crippen molar-refractivity contribution in [3.63, 3.8) is 0 Å². The first-order valence-corrected chi connectivity index (χ1v) is 5.48. The lowest BCUT2D eigenvalue weighted by Crippen LogP contribution is -2.22. The maximum Gasteiger partial charge on any atom is 0.318 e. The Labute approximate surface area is 90.9 Å². The monoisotopic (exact) mass is 212 g/mol. The van der Waals surface area contributed by atoms with E-state index in [1.807, 2.05) is 4.90 Å². The molecule has 0 unspecified atom stereocenters. The second kappa shape index (κ2) is 5.70. The highest BCUT2D eigenvalue weighted by molar-refractivity contribution is 5.22. The second-order valence-electron chi connectivity index (χ2n) is 3.69. The second-order valence-corrected chi connectivity index (χ2v) is 3.69. The zero-order chi connectivity index (χ0) is 11.3. The Kier molecular flexibility index (Phi) is 4.55. The van der Waals surface area contributed by atoms with Crippen LogP contribution < -0.4 is 10.2 Å². The van der Waals surface area contributed by atoms with Crippen LogP contribution in [0.25, 0.3) is 0 Å². The lowest BCUT2D eigenvalue weighted by molar-refractivity contribution is 0.448. The molecule has 0 saturated carbocycles. The van der Waals surface area contributed by atoms with Crippen LogP contribution >= 0.6 is 0 Å². The number of anilines is 1. The van der Waals surface area contributed by atoms with Gasteiger partial charge in [0.25, 0.3) is 0 Å². The number of nitrogens with one attached hydrogen (secondary N) is 1. The van der Waals surface area contributed by atoms with E-state index in [4.69, 9.17) is 4.42 Å². The third-order valence-corrected chi connectivity index (χ3v) is 2.15. The maximum absolute atomic E-state index is 5.52. The van der Waals surface area contributed by atoms with E-state index in [1.165, 1.54) is 0 Å². The van der Waals surface area contributed by atoms with Crippen LogP contribution in [0.4, 0.5) is 6.01 Å². The molecule has 1 aromatic heterocycles. The lowest BCUT2D eigenvalue weighted by atomic mass is 10.4. The van der Waals surface area contributed by atoms with Gasteiger partial charge in [-0.1, -0.05) is 18.9 Å². The van der Waals surface area contributed by atoms with Gasteiger partial charge in [0.15, 0.2) is 0 Å². The predicted molar refractivity (Wildman–Crippen MR) is 59.8 cm³/mol. The highest BCUT2D eigenvalue weighted by atomic mass is 16.4. The molecule has 0 radical (unpaired) electrons. The minimum Gasteiger partial charge on any atom is -0.407 e. The fraction of sp³-hybridized carbons (Fsp3) is 0.800. The summed E-state index contributed by atoms with van der Waals surface area (Å²) in [6.45, 7) is 10.7. The van der Waals surface area contributed by atoms with Crippen molar-refractivity contribution < 1.29 is 4.42 Å². The van der Waals surface area contributed by atoms with E-state index in [0.717, 1.165) is 13.1 Å². The molecule has 0 aromatic carbocycles. The fourth-order valence-corrected chi connectivity index (χ4v) is 1.23. The van der Waals surface area contributed by atoms with Crippen molar-refractivity contribution in [2.45, 2.75) is 40.3 Å². The molecule has 0 aliphatic rings. The van der Waals surface area contributed by atoms with Crippen LogP contribution in [0.1, 0.15) is 33.6 Å². The van der Waals surface area contributed by atoms with Gasteiger partial charge in [0, 0.05) is 19.1 Å². The van der Waals surface area contributed by atoms with Gasteiger partial charge in [-0.15, -0.1) is 5.10 Å². The van der Waals surface area contributed by atoms with Gasteiger partial charge in [0.1, 0.15) is 0 Å². The number of rotatable bonds is 6. The van der Waals surface area contributed by atoms with E-state index in [9.17, 15) is 0 Å². The smallest absolute Gasteiger partial charge is 0.318 e. The number of nitrogens with zero attached hydrogens (tertiary/aromatic N) is 3. The van der Waals surface area contributed by atoms with Crippen LogP contribution in [0.5, 0.6) is 0 Å². The highest BCUT2D eigenvalue weighted by Gasteiger charge is 2.10. The van der Waals surface area contributed by atoms with Crippen LogP contribution in [-0.4, -0.2) is 29.3 Å². The van der Waals surface area contributed by atoms with Crippen molar-refractivity contribution in [1.82, 2.24) is 15.5 Å². The molecule has 1 N–H and O–H groups in total. The Morgan fingerprint density at radius 3 is 2.47 bits per heavy atom. The van der Waals surface area contributed by atoms with Gasteiger partial charge in [0.05, 0.1) is 6.54 Å². The van der Waals surface area contributed by atoms with Gasteiger partial charge in [-0.05, 0) is 13.8 Å². The summed E-state index contributed by atoms with van der Waals surface area (Å²) in [4.78, 5) is 2.03. The Hall–Kier alpha value is -1.10. The van der Waals surface area contributed by atoms with Crippen LogP contribution in [0, 0.1) is 0 Å². The van der Waals surface area contributed by atoms with E-state index in [2.05, 4.69) is 43.2 Å². The van der Waals surface area contributed by atoms with Crippen molar-refractivity contribution >= 4 is 6.01 Å². The maximum atomic E-state index is 5.52. The van der Waals surface area contributed by atoms with Crippen LogP contribution in [-0.2, 0) is 6.54 Å². The quantitative estimate of drug-likeness (QED) is 0.772. The molecule has 0 aliphatic carbocycles. The minimum absolute atomic E-state index is 0.425. The summed E-state index contributed by atoms with van der Waals surface area (Å²) in [6, 6.07) is 1.04. The third-order valence-electron chi connectivity index (χ3n) is 2.15. The molecule has 1 aromatic rings. The molecule has 0 amide bonds. The lowest BCUT2D eigenvalue weighted by Gasteiger charge is -2.14. The Bertz CT molecular complexity index is 281. The first-order valence-electron chi connectivity index (χ1n) is 5.48. The third kappa shape index (κ3) is 3.51. The van der Waals surface area contributed by atoms with Crippen molar-refractivity contribution in [2.75, 3.05) is 18.0 Å². The van der Waals surface area contributed by atoms with Crippen molar-refractivity contribution in [3.05, 3.63) is 5.89 Å². The summed E-state index contributed by atoms with van der Waals surface area (Å²) >= 11 is 0. The van der Waals surface area contributed by atoms with Crippen molar-refractivity contribution in [2.24, 2.45) is 0 Å². The summed E-state index contributed by atoms with van der Waals surface area (Å²) < 4.78 is 5.52. The van der Waals surface area contributed by atoms with Gasteiger partial charge in [0.2, 0.25) is 5.89 Å². The molecule has 0 aliphatic heterocycles. The summed E-state index contributed by atoms with van der Waals surface area (Å²) in [7, 11) is 0. The summed E-state index contributed by atoms with van der Waals surface area (Å²) in [5.74, 6) is 0.644. The van der Waals surface area contributed by atoms with E-state index < -0.39 is 0 Å². The Balaban J connectivity index is 2.55. The van der Waals surface area contributed by atoms with Gasteiger partial charge in [-0.25, -0.2) is 0 Å². The average Bonchev–Trinajstić information content (AvgIpc) is 2.65. The van der Waals surface area contributed by atoms with Gasteiger partial charge in [-0.3, -0.25) is 0 Å². The Morgan fingerprint density at radius 2 is 1.93 bits per heavy atom. The van der Waals surface area contributed by atoms with E-state index in [1.54, 1.807) is 0 Å². The molecule has 0 atom stereocenters. The molecular formula is C10H20N4O. The predicted octanol–water partition coefficient (Wildman–Crippen LogP) is 1.41. The number of hydrogen-bond donors (Lipinski definition) is 1. The van der Waals surface area contributed by atoms with Crippen molar-refractivity contribution in [1.29, 1.82) is 0 Å². The summed E-state index contributed by atoms with van der Waals surface area (Å²) in [5.41, 5.74) is 0. The zero-order valence-electron chi connectivity index (χ0n) is 9.95. The van der Waals surface area contributed by atoms with E-state index in [-0.39, 0.29) is 0 Å². The highest BCUT2D eigenvalue weighted by Crippen LogP contribution is 2.11. The summed E-state index contributed by atoms with van der Waals surface area (Å²) in [6.07, 6.45) is 0. The summed E-state index contributed by atoms with van der Waals surface area (Å²) in [5, 5.41) is 11.2. The molecule has 5 nitrogen and oxygen atoms in total. The largest absolute Gasteiger partial charge is 0.407 e. The average molecular weight is 212 g/mol. The SMILES string of the molecule is CCN(CC)c1nnc(CNC(C)C)o1. The molecular weight excluding hydrogens is 192 g/mol. The first kappa shape index (κ1) is 12.0. The van der Waals surface area contributed by atoms with Crippen molar-refractivity contribution in [3.8, 4) is 0 Å². The minimum atomic E-state index is 0.425. The standard InChI is InChI=1S/C10H20N4O/c1-5-14(6-2)10-13-12-9(15-10)7-11-8(3)4/h8,11H,5-7H2,1-4H3. The molecule has 86 valence electrons. The molecule has 0 saturated heterocycles. The van der Waals surface area contributed by atoms with E-state index in [0.29, 0.717) is 24.5 Å². The number of aromatic nitrogens is 2. The Morgan fingerprint density at radius 1 is 1.27 bits per heavy atom. The molecule has 0 fully saturated rings. The van der Waals surface area contributed by atoms with Crippen LogP contribution in [0.3, 0.4) is 0 Å². The topological polar surface area (TPSA) is 54.2 Å². The zero-order valence-corrected chi connectivity index (χ0v) is 9.95. The molecule has 0 spiro atoms. The molecule has 5 heteroatoms. The fourth-order valence-electron chi connectivity index (χ4n) is 1.23. The molecule has 0 bridgehead atoms.